The average molecular weight is 249 g/mol. The van der Waals surface area contributed by atoms with Crippen molar-refractivity contribution in [2.75, 3.05) is 7.11 Å². The summed E-state index contributed by atoms with van der Waals surface area (Å²) in [7, 11) is 0.833. The van der Waals surface area contributed by atoms with Gasteiger partial charge in [-0.15, -0.1) is 0 Å². The maximum absolute atomic E-state index is 11.5. The van der Waals surface area contributed by atoms with Gasteiger partial charge in [0.2, 0.25) is 0 Å². The zero-order valence-electron chi connectivity index (χ0n) is 10.7. The first kappa shape index (κ1) is 13.5. The topological polar surface area (TPSA) is 35.5 Å². The number of benzene rings is 1. The van der Waals surface area contributed by atoms with E-state index >= 15 is 0 Å². The van der Waals surface area contributed by atoms with Gasteiger partial charge in [0.1, 0.15) is 11.5 Å². The van der Waals surface area contributed by atoms with E-state index in [2.05, 4.69) is 19.7 Å². The van der Waals surface area contributed by atoms with Crippen molar-refractivity contribution in [2.24, 2.45) is 0 Å². The van der Waals surface area contributed by atoms with Crippen LogP contribution in [0.5, 0.6) is 11.5 Å². The standard InChI is InChI=1S/C13H17O3Si/c1-9(2)13(14)16-11-8-6-7-10(15-3)12(11)17(4)5/h6-8H,1H2,2-5H3. The van der Waals surface area contributed by atoms with Gasteiger partial charge in [-0.25, -0.2) is 4.79 Å². The van der Waals surface area contributed by atoms with Gasteiger partial charge in [-0.2, -0.15) is 0 Å². The Balaban J connectivity index is 3.14. The van der Waals surface area contributed by atoms with Crippen LogP contribution in [0.15, 0.2) is 30.4 Å². The van der Waals surface area contributed by atoms with Gasteiger partial charge < -0.3 is 9.47 Å². The molecule has 0 aliphatic carbocycles. The molecule has 4 heteroatoms. The Bertz CT molecular complexity index is 438. The van der Waals surface area contributed by atoms with Gasteiger partial charge in [0.05, 0.1) is 15.9 Å². The van der Waals surface area contributed by atoms with Crippen LogP contribution in [-0.4, -0.2) is 21.9 Å². The van der Waals surface area contributed by atoms with Crippen molar-refractivity contribution in [2.45, 2.75) is 20.0 Å². The first-order chi connectivity index (χ1) is 7.97. The lowest BCUT2D eigenvalue weighted by Crippen LogP contribution is -2.28. The molecule has 0 spiro atoms. The molecular formula is C13H17O3Si. The van der Waals surface area contributed by atoms with Crippen LogP contribution in [0.25, 0.3) is 0 Å². The number of methoxy groups -OCH3 is 1. The van der Waals surface area contributed by atoms with Crippen LogP contribution in [0, 0.1) is 0 Å². The average Bonchev–Trinajstić information content (AvgIpc) is 2.27. The third-order valence-corrected chi connectivity index (χ3v) is 3.75. The molecule has 0 amide bonds. The molecule has 0 atom stereocenters. The molecule has 17 heavy (non-hydrogen) atoms. The largest absolute Gasteiger partial charge is 0.497 e. The maximum Gasteiger partial charge on any atom is 0.338 e. The monoisotopic (exact) mass is 249 g/mol. The normalized spacial score (nSPS) is 10.2. The smallest absolute Gasteiger partial charge is 0.338 e. The van der Waals surface area contributed by atoms with E-state index < -0.39 is 14.8 Å². The SMILES string of the molecule is C=C(C)C(=O)Oc1cccc(OC)c1[Si](C)C. The summed E-state index contributed by atoms with van der Waals surface area (Å²) >= 11 is 0. The zero-order valence-corrected chi connectivity index (χ0v) is 11.7. The van der Waals surface area contributed by atoms with E-state index in [4.69, 9.17) is 9.47 Å². The molecule has 0 aromatic heterocycles. The Labute approximate surface area is 104 Å². The Morgan fingerprint density at radius 3 is 2.35 bits per heavy atom. The van der Waals surface area contributed by atoms with Gasteiger partial charge in [0.25, 0.3) is 0 Å². The van der Waals surface area contributed by atoms with Crippen LogP contribution < -0.4 is 14.7 Å². The molecule has 1 aromatic carbocycles. The first-order valence-electron chi connectivity index (χ1n) is 5.32. The Morgan fingerprint density at radius 1 is 1.29 bits per heavy atom. The molecule has 0 fully saturated rings. The molecule has 1 radical (unpaired) electrons. The van der Waals surface area contributed by atoms with Crippen molar-refractivity contribution >= 4 is 20.0 Å². The summed E-state index contributed by atoms with van der Waals surface area (Å²) in [4.78, 5) is 11.5. The minimum Gasteiger partial charge on any atom is -0.497 e. The second-order valence-corrected chi connectivity index (χ2v) is 6.50. The highest BCUT2D eigenvalue weighted by atomic mass is 28.3. The summed E-state index contributed by atoms with van der Waals surface area (Å²) < 4.78 is 10.6. The van der Waals surface area contributed by atoms with Gasteiger partial charge in [-0.05, 0) is 19.1 Å². The fourth-order valence-corrected chi connectivity index (χ4v) is 2.75. The predicted molar refractivity (Wildman–Crippen MR) is 70.6 cm³/mol. The molecule has 1 rings (SSSR count). The Kier molecular flexibility index (Phi) is 4.51. The second kappa shape index (κ2) is 5.68. The molecule has 0 aliphatic heterocycles. The van der Waals surface area contributed by atoms with Crippen molar-refractivity contribution in [1.82, 2.24) is 0 Å². The lowest BCUT2D eigenvalue weighted by Gasteiger charge is -2.15. The van der Waals surface area contributed by atoms with Gasteiger partial charge in [0.15, 0.2) is 0 Å². The molecule has 1 aromatic rings. The summed E-state index contributed by atoms with van der Waals surface area (Å²) in [6, 6.07) is 5.48. The number of hydrogen-bond donors (Lipinski definition) is 0. The molecule has 91 valence electrons. The number of carbonyl (C=O) groups excluding carboxylic acids is 1. The summed E-state index contributed by atoms with van der Waals surface area (Å²) in [5.41, 5.74) is 0.389. The number of hydrogen-bond acceptors (Lipinski definition) is 3. The van der Waals surface area contributed by atoms with Gasteiger partial charge in [-0.1, -0.05) is 25.7 Å². The van der Waals surface area contributed by atoms with E-state index in [-0.39, 0.29) is 0 Å². The summed E-state index contributed by atoms with van der Waals surface area (Å²) in [5.74, 6) is 0.954. The molecular weight excluding hydrogens is 232 g/mol. The number of rotatable bonds is 4. The lowest BCUT2D eigenvalue weighted by molar-refractivity contribution is -0.130. The molecule has 0 unspecified atom stereocenters. The van der Waals surface area contributed by atoms with Gasteiger partial charge >= 0.3 is 5.97 Å². The summed E-state index contributed by atoms with van der Waals surface area (Å²) in [6.45, 7) is 9.45. The minimum absolute atomic E-state index is 0.389. The molecule has 0 heterocycles. The second-order valence-electron chi connectivity index (χ2n) is 4.00. The van der Waals surface area contributed by atoms with Crippen LogP contribution in [0.2, 0.25) is 13.1 Å². The highest BCUT2D eigenvalue weighted by Gasteiger charge is 2.17. The zero-order chi connectivity index (χ0) is 13.0. The minimum atomic E-state index is -0.786. The van der Waals surface area contributed by atoms with Crippen molar-refractivity contribution < 1.29 is 14.3 Å². The van der Waals surface area contributed by atoms with Crippen LogP contribution in [0.3, 0.4) is 0 Å². The summed E-state index contributed by atoms with van der Waals surface area (Å²) in [6.07, 6.45) is 0. The molecule has 0 aliphatic rings. The molecule has 0 saturated heterocycles. The van der Waals surface area contributed by atoms with E-state index in [0.29, 0.717) is 11.3 Å². The molecule has 0 bridgehead atoms. The van der Waals surface area contributed by atoms with Crippen LogP contribution in [0.1, 0.15) is 6.92 Å². The van der Waals surface area contributed by atoms with Crippen LogP contribution >= 0.6 is 0 Å². The van der Waals surface area contributed by atoms with Crippen molar-refractivity contribution in [3.8, 4) is 11.5 Å². The molecule has 0 N–H and O–H groups in total. The van der Waals surface area contributed by atoms with Gasteiger partial charge in [0, 0.05) is 10.8 Å². The molecule has 0 saturated carbocycles. The molecule has 3 nitrogen and oxygen atoms in total. The first-order valence-corrected chi connectivity index (χ1v) is 7.82. The lowest BCUT2D eigenvalue weighted by atomic mass is 10.3. The van der Waals surface area contributed by atoms with Crippen LogP contribution in [-0.2, 0) is 4.79 Å². The fraction of sp³-hybridized carbons (Fsp3) is 0.308. The number of esters is 1. The maximum atomic E-state index is 11.5. The number of carbonyl (C=O) groups is 1. The quantitative estimate of drug-likeness (QED) is 0.355. The highest BCUT2D eigenvalue weighted by molar-refractivity contribution is 6.72. The van der Waals surface area contributed by atoms with E-state index in [1.54, 1.807) is 20.1 Å². The van der Waals surface area contributed by atoms with Gasteiger partial charge in [-0.3, -0.25) is 0 Å². The van der Waals surface area contributed by atoms with E-state index in [1.165, 1.54) is 0 Å². The van der Waals surface area contributed by atoms with Crippen molar-refractivity contribution in [3.05, 3.63) is 30.4 Å². The fourth-order valence-electron chi connectivity index (χ4n) is 1.45. The van der Waals surface area contributed by atoms with E-state index in [1.807, 2.05) is 12.1 Å². The highest BCUT2D eigenvalue weighted by Crippen LogP contribution is 2.18. The van der Waals surface area contributed by atoms with Crippen LogP contribution in [0.4, 0.5) is 0 Å². The third-order valence-electron chi connectivity index (χ3n) is 2.26. The van der Waals surface area contributed by atoms with E-state index in [0.717, 1.165) is 10.9 Å². The Hall–Kier alpha value is -1.55. The predicted octanol–water partition coefficient (Wildman–Crippen LogP) is 2.14. The van der Waals surface area contributed by atoms with Crippen molar-refractivity contribution in [1.29, 1.82) is 0 Å². The summed E-state index contributed by atoms with van der Waals surface area (Å²) in [5, 5.41) is 0.995. The Morgan fingerprint density at radius 2 is 1.88 bits per heavy atom. The van der Waals surface area contributed by atoms with E-state index in [9.17, 15) is 4.79 Å². The third kappa shape index (κ3) is 3.20. The number of ether oxygens (including phenoxy) is 2. The van der Waals surface area contributed by atoms with Crippen molar-refractivity contribution in [3.63, 3.8) is 0 Å².